The summed E-state index contributed by atoms with van der Waals surface area (Å²) in [6.45, 7) is 12.7. The summed E-state index contributed by atoms with van der Waals surface area (Å²) >= 11 is 0. The van der Waals surface area contributed by atoms with Gasteiger partial charge >= 0.3 is 5.97 Å². The van der Waals surface area contributed by atoms with Gasteiger partial charge in [0.25, 0.3) is 0 Å². The quantitative estimate of drug-likeness (QED) is 0.725. The van der Waals surface area contributed by atoms with Crippen molar-refractivity contribution in [1.29, 1.82) is 0 Å². The van der Waals surface area contributed by atoms with Crippen LogP contribution in [0, 0.1) is 28.6 Å². The first kappa shape index (κ1) is 18.5. The standard InChI is InChI=1S/C20H34O3/c1-6-13(2)16(21)12-15-14(3)8-9-17-19(15,4)10-7-11-20(17,5)18(22)23/h13,15-17,21H,3,6-12H2,1-2,4-5H3,(H,22,23)/t13-,15-,16+,17-,19+,20-/m0/s1. The minimum Gasteiger partial charge on any atom is -0.481 e. The van der Waals surface area contributed by atoms with E-state index in [4.69, 9.17) is 0 Å². The summed E-state index contributed by atoms with van der Waals surface area (Å²) in [4.78, 5) is 12.0. The number of allylic oxidation sites excluding steroid dienone is 1. The summed E-state index contributed by atoms with van der Waals surface area (Å²) in [5.74, 6) is 0.0495. The molecule has 2 aliphatic rings. The molecule has 0 aromatic rings. The molecule has 2 saturated carbocycles. The lowest BCUT2D eigenvalue weighted by Gasteiger charge is -2.57. The van der Waals surface area contributed by atoms with E-state index < -0.39 is 11.4 Å². The molecule has 0 unspecified atom stereocenters. The highest BCUT2D eigenvalue weighted by Gasteiger charge is 2.57. The summed E-state index contributed by atoms with van der Waals surface area (Å²) in [5.41, 5.74) is 0.545. The Kier molecular flexibility index (Phi) is 5.30. The third-order valence-electron chi connectivity index (χ3n) is 7.29. The molecular formula is C20H34O3. The topological polar surface area (TPSA) is 57.5 Å². The minimum atomic E-state index is -0.651. The van der Waals surface area contributed by atoms with E-state index in [0.717, 1.165) is 44.9 Å². The molecule has 0 aliphatic heterocycles. The normalized spacial score (nSPS) is 40.3. The molecule has 0 bridgehead atoms. The van der Waals surface area contributed by atoms with E-state index in [1.165, 1.54) is 5.57 Å². The fourth-order valence-electron chi connectivity index (χ4n) is 5.39. The Balaban J connectivity index is 2.31. The van der Waals surface area contributed by atoms with Gasteiger partial charge in [-0.3, -0.25) is 4.79 Å². The Morgan fingerprint density at radius 3 is 2.61 bits per heavy atom. The number of aliphatic hydroxyl groups excluding tert-OH is 1. The molecule has 0 saturated heterocycles. The third kappa shape index (κ3) is 3.09. The van der Waals surface area contributed by atoms with E-state index in [1.54, 1.807) is 0 Å². The molecule has 0 radical (unpaired) electrons. The van der Waals surface area contributed by atoms with E-state index in [2.05, 4.69) is 27.4 Å². The Morgan fingerprint density at radius 2 is 2.04 bits per heavy atom. The molecule has 0 aromatic heterocycles. The van der Waals surface area contributed by atoms with E-state index in [-0.39, 0.29) is 29.3 Å². The smallest absolute Gasteiger partial charge is 0.309 e. The maximum atomic E-state index is 12.0. The summed E-state index contributed by atoms with van der Waals surface area (Å²) < 4.78 is 0. The highest BCUT2D eigenvalue weighted by Crippen LogP contribution is 2.62. The van der Waals surface area contributed by atoms with Crippen LogP contribution in [0.4, 0.5) is 0 Å². The van der Waals surface area contributed by atoms with E-state index in [0.29, 0.717) is 0 Å². The summed E-state index contributed by atoms with van der Waals surface area (Å²) in [7, 11) is 0. The van der Waals surface area contributed by atoms with Crippen molar-refractivity contribution in [2.45, 2.75) is 78.7 Å². The van der Waals surface area contributed by atoms with Crippen molar-refractivity contribution in [2.24, 2.45) is 28.6 Å². The van der Waals surface area contributed by atoms with Crippen LogP contribution < -0.4 is 0 Å². The lowest BCUT2D eigenvalue weighted by Crippen LogP contribution is -2.54. The molecule has 0 spiro atoms. The molecule has 23 heavy (non-hydrogen) atoms. The number of aliphatic carboxylic acids is 1. The predicted octanol–water partition coefficient (Wildman–Crippen LogP) is 4.65. The molecule has 0 heterocycles. The molecule has 2 fully saturated rings. The number of fused-ring (bicyclic) bond motifs is 1. The number of rotatable bonds is 5. The Labute approximate surface area is 141 Å². The zero-order valence-electron chi connectivity index (χ0n) is 15.3. The van der Waals surface area contributed by atoms with Crippen molar-refractivity contribution < 1.29 is 15.0 Å². The number of carboxylic acid groups (broad SMARTS) is 1. The van der Waals surface area contributed by atoms with Gasteiger partial charge in [-0.15, -0.1) is 0 Å². The first-order valence-electron chi connectivity index (χ1n) is 9.26. The lowest BCUT2D eigenvalue weighted by molar-refractivity contribution is -0.164. The maximum absolute atomic E-state index is 12.0. The molecular weight excluding hydrogens is 288 g/mol. The Hall–Kier alpha value is -0.830. The SMILES string of the molecule is C=C1CC[C@H]2[C@](C)(CCC[C@]2(C)C(=O)O)[C@H]1C[C@@H](O)[C@@H](C)CC. The van der Waals surface area contributed by atoms with Gasteiger partial charge in [-0.05, 0) is 62.2 Å². The van der Waals surface area contributed by atoms with Gasteiger partial charge in [-0.1, -0.05) is 45.8 Å². The Bertz CT molecular complexity index is 472. The second-order valence-electron chi connectivity index (χ2n) is 8.57. The molecule has 0 aromatic carbocycles. The largest absolute Gasteiger partial charge is 0.481 e. The lowest BCUT2D eigenvalue weighted by atomic mass is 9.46. The van der Waals surface area contributed by atoms with Gasteiger partial charge in [0, 0.05) is 0 Å². The van der Waals surface area contributed by atoms with E-state index in [1.807, 2.05) is 6.92 Å². The zero-order chi connectivity index (χ0) is 17.4. The van der Waals surface area contributed by atoms with Gasteiger partial charge in [0.05, 0.1) is 11.5 Å². The van der Waals surface area contributed by atoms with Gasteiger partial charge in [0.15, 0.2) is 0 Å². The van der Waals surface area contributed by atoms with Crippen molar-refractivity contribution >= 4 is 5.97 Å². The molecule has 0 amide bonds. The maximum Gasteiger partial charge on any atom is 0.309 e. The Morgan fingerprint density at radius 1 is 1.39 bits per heavy atom. The number of hydrogen-bond acceptors (Lipinski definition) is 2. The van der Waals surface area contributed by atoms with E-state index in [9.17, 15) is 15.0 Å². The average Bonchev–Trinajstić information content (AvgIpc) is 2.49. The number of carbonyl (C=O) groups is 1. The molecule has 6 atom stereocenters. The van der Waals surface area contributed by atoms with Crippen LogP contribution in [0.3, 0.4) is 0 Å². The predicted molar refractivity (Wildman–Crippen MR) is 93.1 cm³/mol. The van der Waals surface area contributed by atoms with Gasteiger partial charge in [-0.2, -0.15) is 0 Å². The van der Waals surface area contributed by atoms with Gasteiger partial charge in [0.2, 0.25) is 0 Å². The van der Waals surface area contributed by atoms with Gasteiger partial charge < -0.3 is 10.2 Å². The van der Waals surface area contributed by atoms with E-state index >= 15 is 0 Å². The fourth-order valence-corrected chi connectivity index (χ4v) is 5.39. The second kappa shape index (κ2) is 6.58. The van der Waals surface area contributed by atoms with Crippen LogP contribution in [0.25, 0.3) is 0 Å². The molecule has 3 heteroatoms. The van der Waals surface area contributed by atoms with Gasteiger partial charge in [-0.25, -0.2) is 0 Å². The summed E-state index contributed by atoms with van der Waals surface area (Å²) in [6.07, 6.45) is 5.99. The summed E-state index contributed by atoms with van der Waals surface area (Å²) in [5, 5.41) is 20.4. The van der Waals surface area contributed by atoms with Gasteiger partial charge in [0.1, 0.15) is 0 Å². The van der Waals surface area contributed by atoms with Crippen LogP contribution in [0.15, 0.2) is 12.2 Å². The molecule has 3 nitrogen and oxygen atoms in total. The fraction of sp³-hybridized carbons (Fsp3) is 0.850. The van der Waals surface area contributed by atoms with Crippen LogP contribution in [0.5, 0.6) is 0 Å². The first-order valence-corrected chi connectivity index (χ1v) is 9.26. The molecule has 2 N–H and O–H groups in total. The van der Waals surface area contributed by atoms with Crippen molar-refractivity contribution in [1.82, 2.24) is 0 Å². The molecule has 2 rings (SSSR count). The zero-order valence-corrected chi connectivity index (χ0v) is 15.3. The van der Waals surface area contributed by atoms with Crippen molar-refractivity contribution in [2.75, 3.05) is 0 Å². The minimum absolute atomic E-state index is 0.0465. The second-order valence-corrected chi connectivity index (χ2v) is 8.57. The molecule has 132 valence electrons. The van der Waals surface area contributed by atoms with Crippen LogP contribution in [-0.4, -0.2) is 22.3 Å². The third-order valence-corrected chi connectivity index (χ3v) is 7.29. The monoisotopic (exact) mass is 322 g/mol. The highest BCUT2D eigenvalue weighted by molar-refractivity contribution is 5.75. The van der Waals surface area contributed by atoms with Crippen molar-refractivity contribution in [3.8, 4) is 0 Å². The van der Waals surface area contributed by atoms with Crippen LogP contribution in [0.2, 0.25) is 0 Å². The average molecular weight is 322 g/mol. The number of aliphatic hydroxyl groups is 1. The highest BCUT2D eigenvalue weighted by atomic mass is 16.4. The first-order chi connectivity index (χ1) is 10.7. The number of hydrogen-bond donors (Lipinski definition) is 2. The number of carboxylic acids is 1. The van der Waals surface area contributed by atoms with Crippen LogP contribution in [-0.2, 0) is 4.79 Å². The van der Waals surface area contributed by atoms with Crippen molar-refractivity contribution in [3.05, 3.63) is 12.2 Å². The summed E-state index contributed by atoms with van der Waals surface area (Å²) in [6, 6.07) is 0. The molecule has 2 aliphatic carbocycles. The van der Waals surface area contributed by atoms with Crippen LogP contribution >= 0.6 is 0 Å². The van der Waals surface area contributed by atoms with Crippen LogP contribution in [0.1, 0.15) is 72.6 Å². The van der Waals surface area contributed by atoms with Crippen molar-refractivity contribution in [3.63, 3.8) is 0 Å².